The molecule has 0 saturated carbocycles. The van der Waals surface area contributed by atoms with Gasteiger partial charge in [0.15, 0.2) is 0 Å². The SMILES string of the molecule is O=C(/C=C/c1ccc2c(c1)CCC2NC(=O)c1cc(C(F)(F)F)cc(C(F)(F)F)c1)NOPI. The number of hydrogen-bond acceptors (Lipinski definition) is 3. The van der Waals surface area contributed by atoms with Crippen LogP contribution in [-0.4, -0.2) is 11.8 Å². The molecule has 2 aromatic rings. The molecule has 3 rings (SSSR count). The molecule has 0 saturated heterocycles. The van der Waals surface area contributed by atoms with Crippen LogP contribution in [-0.2, 0) is 28.2 Å². The first-order valence-electron chi connectivity index (χ1n) is 9.61. The van der Waals surface area contributed by atoms with Gasteiger partial charge in [-0.15, -0.1) is 0 Å². The summed E-state index contributed by atoms with van der Waals surface area (Å²) in [7, 11) is 0. The number of hydroxylamine groups is 1. The van der Waals surface area contributed by atoms with E-state index in [1.807, 2.05) is 22.0 Å². The van der Waals surface area contributed by atoms with Crippen molar-refractivity contribution in [2.24, 2.45) is 0 Å². The molecule has 0 fully saturated rings. The Morgan fingerprint density at radius 2 is 1.68 bits per heavy atom. The van der Waals surface area contributed by atoms with Gasteiger partial charge in [-0.25, -0.2) is 10.1 Å². The second-order valence-corrected chi connectivity index (χ2v) is 8.98. The van der Waals surface area contributed by atoms with Crippen molar-refractivity contribution in [2.75, 3.05) is 0 Å². The summed E-state index contributed by atoms with van der Waals surface area (Å²) in [6.07, 6.45) is -6.30. The maximum Gasteiger partial charge on any atom is 0.416 e. The first-order valence-corrected chi connectivity index (χ1v) is 13.6. The average Bonchev–Trinajstić information content (AvgIpc) is 3.16. The van der Waals surface area contributed by atoms with Gasteiger partial charge in [0, 0.05) is 11.6 Å². The summed E-state index contributed by atoms with van der Waals surface area (Å²) < 4.78 is 83.3. The Hall–Kier alpha value is -2.18. The Balaban J connectivity index is 1.78. The fraction of sp³-hybridized carbons (Fsp3) is 0.238. The van der Waals surface area contributed by atoms with Crippen LogP contribution in [0.1, 0.15) is 50.6 Å². The molecule has 0 aliphatic heterocycles. The van der Waals surface area contributed by atoms with Crippen LogP contribution >= 0.6 is 28.5 Å². The lowest BCUT2D eigenvalue weighted by Crippen LogP contribution is -2.28. The number of nitrogens with one attached hydrogen (secondary N) is 2. The lowest BCUT2D eigenvalue weighted by molar-refractivity contribution is -0.143. The monoisotopic (exact) mass is 616 g/mol. The van der Waals surface area contributed by atoms with Crippen molar-refractivity contribution in [3.63, 3.8) is 0 Å². The van der Waals surface area contributed by atoms with Gasteiger partial charge in [0.25, 0.3) is 11.8 Å². The summed E-state index contributed by atoms with van der Waals surface area (Å²) in [4.78, 5) is 24.2. The van der Waals surface area contributed by atoms with E-state index in [-0.39, 0.29) is 12.5 Å². The zero-order chi connectivity index (χ0) is 25.1. The smallest absolute Gasteiger partial charge is 0.345 e. The van der Waals surface area contributed by atoms with Gasteiger partial charge < -0.3 is 5.32 Å². The third kappa shape index (κ3) is 6.70. The Kier molecular flexibility index (Phi) is 8.25. The number of carbonyl (C=O) groups excluding carboxylic acids is 2. The van der Waals surface area contributed by atoms with Gasteiger partial charge in [-0.3, -0.25) is 9.59 Å². The molecule has 0 aromatic heterocycles. The molecule has 2 atom stereocenters. The third-order valence-corrected chi connectivity index (χ3v) is 5.86. The number of aryl methyl sites for hydroxylation is 1. The number of hydrogen-bond donors (Lipinski definition) is 2. The van der Waals surface area contributed by atoms with Gasteiger partial charge in [-0.05, 0) is 75.8 Å². The fourth-order valence-corrected chi connectivity index (χ4v) is 3.96. The van der Waals surface area contributed by atoms with Crippen molar-refractivity contribution in [1.29, 1.82) is 0 Å². The summed E-state index contributed by atoms with van der Waals surface area (Å²) in [5, 5.41) is 2.53. The number of carbonyl (C=O) groups is 2. The first-order chi connectivity index (χ1) is 15.9. The maximum absolute atomic E-state index is 13.1. The quantitative estimate of drug-likeness (QED) is 0.135. The highest BCUT2D eigenvalue weighted by atomic mass is 127. The van der Waals surface area contributed by atoms with Crippen LogP contribution in [0.3, 0.4) is 0 Å². The standard InChI is InChI=1S/C21H16F6IN2O3P/c22-20(23,24)14-8-13(9-15(10-14)21(25,26)27)19(32)29-17-5-3-12-7-11(1-4-16(12)17)2-6-18(31)30-33-34-28/h1-2,4,6-10,17,34H,3,5H2,(H,29,32)(H,30,31)/b6-2+. The van der Waals surface area contributed by atoms with Crippen LogP contribution in [0.25, 0.3) is 6.08 Å². The molecular weight excluding hydrogens is 600 g/mol. The third-order valence-electron chi connectivity index (χ3n) is 5.02. The van der Waals surface area contributed by atoms with Crippen LogP contribution in [0.2, 0.25) is 0 Å². The lowest BCUT2D eigenvalue weighted by Gasteiger charge is -2.17. The van der Waals surface area contributed by atoms with Crippen molar-refractivity contribution in [2.45, 2.75) is 31.2 Å². The van der Waals surface area contributed by atoms with Gasteiger partial charge in [0.2, 0.25) is 0 Å². The Labute approximate surface area is 204 Å². The molecule has 2 N–H and O–H groups in total. The zero-order valence-corrected chi connectivity index (χ0v) is 20.1. The van der Waals surface area contributed by atoms with Gasteiger partial charge in [-0.1, -0.05) is 18.2 Å². The largest absolute Gasteiger partial charge is 0.416 e. The van der Waals surface area contributed by atoms with Crippen molar-refractivity contribution in [1.82, 2.24) is 10.8 Å². The molecule has 13 heteroatoms. The van der Waals surface area contributed by atoms with Gasteiger partial charge in [-0.2, -0.15) is 26.3 Å². The highest BCUT2D eigenvalue weighted by Crippen LogP contribution is 2.37. The summed E-state index contributed by atoms with van der Waals surface area (Å²) in [6.45, 7) is 0.0610. The number of halogens is 7. The molecule has 5 nitrogen and oxygen atoms in total. The number of amides is 2. The average molecular weight is 616 g/mol. The lowest BCUT2D eigenvalue weighted by atomic mass is 10.0. The number of benzene rings is 2. The fourth-order valence-electron chi connectivity index (χ4n) is 3.49. The Bertz CT molecular complexity index is 1090. The molecule has 0 radical (unpaired) electrons. The van der Waals surface area contributed by atoms with E-state index in [2.05, 4.69) is 10.8 Å². The van der Waals surface area contributed by atoms with Gasteiger partial charge in [0.05, 0.1) is 17.2 Å². The molecule has 182 valence electrons. The van der Waals surface area contributed by atoms with Crippen molar-refractivity contribution in [3.05, 3.63) is 75.9 Å². The highest BCUT2D eigenvalue weighted by Gasteiger charge is 2.37. The second kappa shape index (κ2) is 10.6. The number of alkyl halides is 6. The normalized spacial score (nSPS) is 16.3. The van der Waals surface area contributed by atoms with Crippen LogP contribution in [0.4, 0.5) is 26.3 Å². The van der Waals surface area contributed by atoms with E-state index in [0.29, 0.717) is 36.1 Å². The second-order valence-electron chi connectivity index (χ2n) is 7.30. The molecule has 0 heterocycles. The van der Waals surface area contributed by atoms with E-state index in [1.54, 1.807) is 24.3 Å². The zero-order valence-electron chi connectivity index (χ0n) is 17.0. The van der Waals surface area contributed by atoms with Crippen molar-refractivity contribution in [3.8, 4) is 0 Å². The molecule has 2 amide bonds. The summed E-state index contributed by atoms with van der Waals surface area (Å²) in [6, 6.07) is 5.37. The number of rotatable bonds is 6. The van der Waals surface area contributed by atoms with Crippen LogP contribution < -0.4 is 10.8 Å². The first kappa shape index (κ1) is 26.4. The molecule has 1 aliphatic carbocycles. The van der Waals surface area contributed by atoms with E-state index in [0.717, 1.165) is 5.56 Å². The van der Waals surface area contributed by atoms with E-state index in [4.69, 9.17) is 4.62 Å². The molecule has 34 heavy (non-hydrogen) atoms. The van der Waals surface area contributed by atoms with Gasteiger partial charge in [0.1, 0.15) is 6.45 Å². The summed E-state index contributed by atoms with van der Waals surface area (Å²) >= 11 is 1.94. The topological polar surface area (TPSA) is 67.4 Å². The minimum Gasteiger partial charge on any atom is -0.345 e. The van der Waals surface area contributed by atoms with E-state index in [1.165, 1.54) is 6.08 Å². The minimum atomic E-state index is -5.04. The number of fused-ring (bicyclic) bond motifs is 1. The van der Waals surface area contributed by atoms with E-state index >= 15 is 0 Å². The van der Waals surface area contributed by atoms with Gasteiger partial charge >= 0.3 is 12.4 Å². The van der Waals surface area contributed by atoms with E-state index < -0.39 is 46.9 Å². The molecule has 2 unspecified atom stereocenters. The van der Waals surface area contributed by atoms with Crippen LogP contribution in [0.15, 0.2) is 42.5 Å². The predicted octanol–water partition coefficient (Wildman–Crippen LogP) is 6.15. The van der Waals surface area contributed by atoms with Crippen molar-refractivity contribution < 1.29 is 40.6 Å². The summed E-state index contributed by atoms with van der Waals surface area (Å²) in [5.41, 5.74) is 0.633. The minimum absolute atomic E-state index is 0.0225. The highest BCUT2D eigenvalue weighted by molar-refractivity contribution is 14.2. The van der Waals surface area contributed by atoms with Crippen LogP contribution in [0, 0.1) is 0 Å². The van der Waals surface area contributed by atoms with E-state index in [9.17, 15) is 35.9 Å². The maximum atomic E-state index is 13.1. The molecular formula is C21H16F6IN2O3P. The predicted molar refractivity (Wildman–Crippen MR) is 122 cm³/mol. The Morgan fingerprint density at radius 3 is 2.26 bits per heavy atom. The molecule has 1 aliphatic rings. The van der Waals surface area contributed by atoms with Crippen molar-refractivity contribution >= 4 is 46.4 Å². The summed E-state index contributed by atoms with van der Waals surface area (Å²) in [5.74, 6) is -1.49. The molecule has 0 bridgehead atoms. The molecule has 0 spiro atoms. The molecule has 2 aromatic carbocycles. The Morgan fingerprint density at radius 1 is 1.03 bits per heavy atom. The van der Waals surface area contributed by atoms with Crippen LogP contribution in [0.5, 0.6) is 0 Å².